The van der Waals surface area contributed by atoms with Crippen LogP contribution in [0.4, 0.5) is 8.78 Å². The second-order valence-electron chi connectivity index (χ2n) is 6.04. The summed E-state index contributed by atoms with van der Waals surface area (Å²) in [5.41, 5.74) is 0.137. The van der Waals surface area contributed by atoms with E-state index in [4.69, 9.17) is 0 Å². The standard InChI is InChI=1S/C16H20F2N4O/c1-10-19-16(21-20-10)11-4-6-22(7-5-11)9-15(23)13-3-2-12(17)8-14(13)18/h2-3,8,11,15,23H,4-7,9H2,1H3,(H,19,20,21). The van der Waals surface area contributed by atoms with Gasteiger partial charge < -0.3 is 10.0 Å². The van der Waals surface area contributed by atoms with Crippen molar-refractivity contribution in [2.45, 2.75) is 31.8 Å². The molecule has 0 saturated carbocycles. The Morgan fingerprint density at radius 3 is 2.70 bits per heavy atom. The molecule has 1 unspecified atom stereocenters. The van der Waals surface area contributed by atoms with E-state index in [9.17, 15) is 13.9 Å². The highest BCUT2D eigenvalue weighted by molar-refractivity contribution is 5.21. The predicted octanol–water partition coefficient (Wildman–Crippen LogP) is 2.30. The van der Waals surface area contributed by atoms with Gasteiger partial charge in [0.25, 0.3) is 0 Å². The Labute approximate surface area is 133 Å². The third-order valence-corrected chi connectivity index (χ3v) is 4.32. The van der Waals surface area contributed by atoms with E-state index in [2.05, 4.69) is 20.1 Å². The van der Waals surface area contributed by atoms with Gasteiger partial charge in [0.2, 0.25) is 0 Å². The number of aromatic nitrogens is 3. The van der Waals surface area contributed by atoms with Gasteiger partial charge in [0.05, 0.1) is 6.10 Å². The fourth-order valence-electron chi connectivity index (χ4n) is 3.03. The summed E-state index contributed by atoms with van der Waals surface area (Å²) in [5, 5.41) is 17.3. The number of nitrogens with zero attached hydrogens (tertiary/aromatic N) is 3. The van der Waals surface area contributed by atoms with Crippen LogP contribution in [-0.4, -0.2) is 44.8 Å². The first kappa shape index (κ1) is 16.0. The molecule has 0 aliphatic carbocycles. The number of nitrogens with one attached hydrogen (secondary N) is 1. The molecule has 0 amide bonds. The van der Waals surface area contributed by atoms with Gasteiger partial charge in [-0.25, -0.2) is 13.8 Å². The molecule has 124 valence electrons. The SMILES string of the molecule is Cc1nc(C2CCN(CC(O)c3ccc(F)cc3F)CC2)n[nH]1. The first-order valence-corrected chi connectivity index (χ1v) is 7.77. The molecule has 1 aliphatic rings. The molecule has 1 fully saturated rings. The number of aryl methyl sites for hydroxylation is 1. The summed E-state index contributed by atoms with van der Waals surface area (Å²) in [5.74, 6) is 0.623. The molecule has 0 spiro atoms. The Morgan fingerprint density at radius 1 is 1.35 bits per heavy atom. The van der Waals surface area contributed by atoms with Crippen molar-refractivity contribution in [3.05, 3.63) is 47.0 Å². The average Bonchev–Trinajstić information content (AvgIpc) is 2.94. The van der Waals surface area contributed by atoms with E-state index in [1.807, 2.05) is 6.92 Å². The van der Waals surface area contributed by atoms with Crippen molar-refractivity contribution < 1.29 is 13.9 Å². The minimum Gasteiger partial charge on any atom is -0.387 e. The summed E-state index contributed by atoms with van der Waals surface area (Å²) >= 11 is 0. The molecule has 7 heteroatoms. The number of aliphatic hydroxyl groups is 1. The monoisotopic (exact) mass is 322 g/mol. The number of hydrogen-bond acceptors (Lipinski definition) is 4. The Hall–Kier alpha value is -1.86. The van der Waals surface area contributed by atoms with Gasteiger partial charge in [-0.15, -0.1) is 0 Å². The number of rotatable bonds is 4. The zero-order valence-corrected chi connectivity index (χ0v) is 13.0. The number of benzene rings is 1. The van der Waals surface area contributed by atoms with Crippen LogP contribution in [0, 0.1) is 18.6 Å². The van der Waals surface area contributed by atoms with Gasteiger partial charge in [-0.2, -0.15) is 5.10 Å². The van der Waals surface area contributed by atoms with Crippen molar-refractivity contribution in [3.63, 3.8) is 0 Å². The van der Waals surface area contributed by atoms with Crippen molar-refractivity contribution in [1.29, 1.82) is 0 Å². The summed E-state index contributed by atoms with van der Waals surface area (Å²) in [4.78, 5) is 6.45. The Kier molecular flexibility index (Phi) is 4.68. The Bertz CT molecular complexity index is 668. The lowest BCUT2D eigenvalue weighted by atomic mass is 9.95. The number of aromatic amines is 1. The van der Waals surface area contributed by atoms with E-state index in [1.165, 1.54) is 12.1 Å². The predicted molar refractivity (Wildman–Crippen MR) is 80.9 cm³/mol. The lowest BCUT2D eigenvalue weighted by Crippen LogP contribution is -2.36. The van der Waals surface area contributed by atoms with Crippen LogP contribution < -0.4 is 0 Å². The molecule has 0 radical (unpaired) electrons. The van der Waals surface area contributed by atoms with Gasteiger partial charge in [-0.05, 0) is 38.9 Å². The van der Waals surface area contributed by atoms with Crippen LogP contribution in [0.5, 0.6) is 0 Å². The molecular formula is C16H20F2N4O. The first-order valence-electron chi connectivity index (χ1n) is 7.77. The molecular weight excluding hydrogens is 302 g/mol. The normalized spacial score (nSPS) is 18.3. The second-order valence-corrected chi connectivity index (χ2v) is 6.04. The molecule has 1 aromatic carbocycles. The van der Waals surface area contributed by atoms with Crippen molar-refractivity contribution in [2.24, 2.45) is 0 Å². The third kappa shape index (κ3) is 3.73. The number of piperidine rings is 1. The zero-order valence-electron chi connectivity index (χ0n) is 13.0. The van der Waals surface area contributed by atoms with Crippen LogP contribution in [0.3, 0.4) is 0 Å². The fourth-order valence-corrected chi connectivity index (χ4v) is 3.03. The molecule has 1 saturated heterocycles. The maximum absolute atomic E-state index is 13.7. The molecule has 3 rings (SSSR count). The number of H-pyrrole nitrogens is 1. The van der Waals surface area contributed by atoms with E-state index in [-0.39, 0.29) is 5.56 Å². The van der Waals surface area contributed by atoms with E-state index >= 15 is 0 Å². The summed E-state index contributed by atoms with van der Waals surface area (Å²) in [6.07, 6.45) is 0.837. The molecule has 1 aliphatic heterocycles. The number of halogens is 2. The van der Waals surface area contributed by atoms with Gasteiger partial charge in [0.15, 0.2) is 5.82 Å². The third-order valence-electron chi connectivity index (χ3n) is 4.32. The lowest BCUT2D eigenvalue weighted by Gasteiger charge is -2.32. The van der Waals surface area contributed by atoms with Crippen LogP contribution >= 0.6 is 0 Å². The Morgan fingerprint density at radius 2 is 2.09 bits per heavy atom. The van der Waals surface area contributed by atoms with Gasteiger partial charge in [-0.1, -0.05) is 6.07 Å². The highest BCUT2D eigenvalue weighted by atomic mass is 19.1. The van der Waals surface area contributed by atoms with E-state index < -0.39 is 17.7 Å². The van der Waals surface area contributed by atoms with Crippen molar-refractivity contribution in [2.75, 3.05) is 19.6 Å². The Balaban J connectivity index is 1.56. The molecule has 5 nitrogen and oxygen atoms in total. The van der Waals surface area contributed by atoms with Crippen LogP contribution in [0.15, 0.2) is 18.2 Å². The van der Waals surface area contributed by atoms with Crippen LogP contribution in [0.2, 0.25) is 0 Å². The van der Waals surface area contributed by atoms with Gasteiger partial charge >= 0.3 is 0 Å². The summed E-state index contributed by atoms with van der Waals surface area (Å²) < 4.78 is 26.6. The summed E-state index contributed by atoms with van der Waals surface area (Å²) in [6, 6.07) is 3.27. The number of aliphatic hydroxyl groups excluding tert-OH is 1. The highest BCUT2D eigenvalue weighted by Gasteiger charge is 2.25. The van der Waals surface area contributed by atoms with Crippen LogP contribution in [0.1, 0.15) is 42.1 Å². The zero-order chi connectivity index (χ0) is 16.4. The molecule has 0 bridgehead atoms. The smallest absolute Gasteiger partial charge is 0.153 e. The molecule has 1 aromatic heterocycles. The minimum absolute atomic E-state index is 0.137. The number of β-amino-alcohol motifs (C(OH)–C–C–N with tert-alkyl or cyclic N) is 1. The molecule has 23 heavy (non-hydrogen) atoms. The van der Waals surface area contributed by atoms with Crippen LogP contribution in [-0.2, 0) is 0 Å². The van der Waals surface area contributed by atoms with E-state index in [1.54, 1.807) is 0 Å². The molecule has 2 aromatic rings. The topological polar surface area (TPSA) is 65.0 Å². The van der Waals surface area contributed by atoms with E-state index in [0.717, 1.165) is 43.6 Å². The summed E-state index contributed by atoms with van der Waals surface area (Å²) in [7, 11) is 0. The number of likely N-dealkylation sites (tertiary alicyclic amines) is 1. The largest absolute Gasteiger partial charge is 0.387 e. The number of hydrogen-bond donors (Lipinski definition) is 2. The quantitative estimate of drug-likeness (QED) is 0.906. The van der Waals surface area contributed by atoms with Crippen molar-refractivity contribution in [3.8, 4) is 0 Å². The average molecular weight is 322 g/mol. The van der Waals surface area contributed by atoms with Gasteiger partial charge in [-0.3, -0.25) is 5.10 Å². The lowest BCUT2D eigenvalue weighted by molar-refractivity contribution is 0.0940. The van der Waals surface area contributed by atoms with Gasteiger partial charge in [0.1, 0.15) is 17.5 Å². The highest BCUT2D eigenvalue weighted by Crippen LogP contribution is 2.27. The first-order chi connectivity index (χ1) is 11.0. The maximum atomic E-state index is 13.7. The van der Waals surface area contributed by atoms with Crippen molar-refractivity contribution >= 4 is 0 Å². The maximum Gasteiger partial charge on any atom is 0.153 e. The summed E-state index contributed by atoms with van der Waals surface area (Å²) in [6.45, 7) is 3.79. The van der Waals surface area contributed by atoms with Crippen molar-refractivity contribution in [1.82, 2.24) is 20.1 Å². The molecule has 1 atom stereocenters. The minimum atomic E-state index is -0.960. The van der Waals surface area contributed by atoms with Crippen LogP contribution in [0.25, 0.3) is 0 Å². The van der Waals surface area contributed by atoms with E-state index in [0.29, 0.717) is 12.5 Å². The second kappa shape index (κ2) is 6.72. The van der Waals surface area contributed by atoms with Gasteiger partial charge in [0, 0.05) is 24.1 Å². The fraction of sp³-hybridized carbons (Fsp3) is 0.500. The molecule has 2 heterocycles. The molecule has 2 N–H and O–H groups in total.